The zero-order valence-electron chi connectivity index (χ0n) is 12.4. The first kappa shape index (κ1) is 17.1. The lowest BCUT2D eigenvalue weighted by Crippen LogP contribution is -2.15. The van der Waals surface area contributed by atoms with Crippen molar-refractivity contribution in [3.63, 3.8) is 0 Å². The summed E-state index contributed by atoms with van der Waals surface area (Å²) in [6.45, 7) is 0. The third-order valence-electron chi connectivity index (χ3n) is 3.53. The Morgan fingerprint density at radius 1 is 1.26 bits per heavy atom. The van der Waals surface area contributed by atoms with Gasteiger partial charge in [0.15, 0.2) is 0 Å². The number of halogens is 2. The molecule has 0 aromatic heterocycles. The molecule has 5 nitrogen and oxygen atoms in total. The van der Waals surface area contributed by atoms with E-state index in [9.17, 15) is 18.4 Å². The van der Waals surface area contributed by atoms with Crippen molar-refractivity contribution in [3.8, 4) is 0 Å². The number of Topliss-reactive ketones (excluding diaryl/α,β-unsaturated/α-hetero) is 1. The summed E-state index contributed by atoms with van der Waals surface area (Å²) in [6, 6.07) is 3.21. The maximum atomic E-state index is 13.7. The molecule has 0 radical (unpaired) electrons. The van der Waals surface area contributed by atoms with Gasteiger partial charge in [-0.05, 0) is 25.0 Å². The first-order chi connectivity index (χ1) is 11.0. The molecule has 1 N–H and O–H groups in total. The van der Waals surface area contributed by atoms with Crippen LogP contribution in [-0.2, 0) is 14.4 Å². The number of carbonyl (C=O) groups excluding carboxylic acids is 1. The van der Waals surface area contributed by atoms with Crippen LogP contribution < -0.4 is 0 Å². The van der Waals surface area contributed by atoms with Crippen molar-refractivity contribution in [2.24, 2.45) is 5.16 Å². The maximum absolute atomic E-state index is 13.7. The number of nitrogens with zero attached hydrogens (tertiary/aromatic N) is 1. The zero-order chi connectivity index (χ0) is 16.8. The van der Waals surface area contributed by atoms with Gasteiger partial charge in [-0.15, -0.1) is 0 Å². The third-order valence-corrected chi connectivity index (χ3v) is 3.53. The van der Waals surface area contributed by atoms with E-state index in [0.29, 0.717) is 18.6 Å². The van der Waals surface area contributed by atoms with Crippen LogP contribution in [0.3, 0.4) is 0 Å². The van der Waals surface area contributed by atoms with E-state index in [2.05, 4.69) is 5.16 Å². The van der Waals surface area contributed by atoms with Gasteiger partial charge in [-0.1, -0.05) is 5.16 Å². The largest absolute Gasteiger partial charge is 0.481 e. The van der Waals surface area contributed by atoms with Crippen LogP contribution in [0, 0.1) is 11.6 Å². The summed E-state index contributed by atoms with van der Waals surface area (Å²) in [6.07, 6.45) is 1.26. The standard InChI is InChI=1S/C16H17F2NO4/c17-10-5-6-13(14(18)7-10)15-9-12(23-19-15)8-11(20)3-1-2-4-16(21)22/h5-7,12H,1-4,8-9H2,(H,21,22). The molecule has 1 unspecified atom stereocenters. The average molecular weight is 325 g/mol. The molecule has 1 heterocycles. The average Bonchev–Trinajstić information content (AvgIpc) is 2.91. The summed E-state index contributed by atoms with van der Waals surface area (Å²) in [7, 11) is 0. The molecule has 124 valence electrons. The van der Waals surface area contributed by atoms with Gasteiger partial charge in [0.25, 0.3) is 0 Å². The predicted octanol–water partition coefficient (Wildman–Crippen LogP) is 3.06. The second-order valence-electron chi connectivity index (χ2n) is 5.44. The number of rotatable bonds is 8. The molecule has 2 rings (SSSR count). The van der Waals surface area contributed by atoms with Gasteiger partial charge in [-0.2, -0.15) is 0 Å². The van der Waals surface area contributed by atoms with Gasteiger partial charge in [0.05, 0.1) is 5.71 Å². The van der Waals surface area contributed by atoms with Crippen molar-refractivity contribution in [3.05, 3.63) is 35.4 Å². The van der Waals surface area contributed by atoms with Crippen LogP contribution in [0.2, 0.25) is 0 Å². The van der Waals surface area contributed by atoms with Gasteiger partial charge in [0.1, 0.15) is 23.5 Å². The Labute approximate surface area is 131 Å². The third kappa shape index (κ3) is 5.12. The molecule has 7 heteroatoms. The minimum atomic E-state index is -0.879. The monoisotopic (exact) mass is 325 g/mol. The highest BCUT2D eigenvalue weighted by Gasteiger charge is 2.26. The molecule has 0 saturated heterocycles. The Bertz CT molecular complexity index is 631. The van der Waals surface area contributed by atoms with Crippen LogP contribution in [0.25, 0.3) is 0 Å². The number of carboxylic acid groups (broad SMARTS) is 1. The number of carboxylic acids is 1. The van der Waals surface area contributed by atoms with Crippen molar-refractivity contribution in [2.75, 3.05) is 0 Å². The van der Waals surface area contributed by atoms with E-state index in [1.807, 2.05) is 0 Å². The van der Waals surface area contributed by atoms with Crippen LogP contribution in [0.4, 0.5) is 8.78 Å². The first-order valence-corrected chi connectivity index (χ1v) is 7.37. The van der Waals surface area contributed by atoms with E-state index in [4.69, 9.17) is 9.94 Å². The smallest absolute Gasteiger partial charge is 0.303 e. The summed E-state index contributed by atoms with van der Waals surface area (Å²) in [5, 5.41) is 12.3. The van der Waals surface area contributed by atoms with Crippen molar-refractivity contribution in [2.45, 2.75) is 44.6 Å². The summed E-state index contributed by atoms with van der Waals surface area (Å²) in [4.78, 5) is 27.3. The highest BCUT2D eigenvalue weighted by Crippen LogP contribution is 2.22. The molecule has 1 atom stereocenters. The number of hydrogen-bond donors (Lipinski definition) is 1. The first-order valence-electron chi connectivity index (χ1n) is 7.37. The molecule has 0 fully saturated rings. The molecule has 1 aromatic carbocycles. The molecule has 0 saturated carbocycles. The number of ketones is 1. The Hall–Kier alpha value is -2.31. The molecule has 0 aliphatic carbocycles. The number of aliphatic carboxylic acids is 1. The van der Waals surface area contributed by atoms with E-state index in [0.717, 1.165) is 12.1 Å². The van der Waals surface area contributed by atoms with Crippen LogP contribution in [0.5, 0.6) is 0 Å². The Morgan fingerprint density at radius 3 is 2.70 bits per heavy atom. The summed E-state index contributed by atoms with van der Waals surface area (Å²) >= 11 is 0. The molecule has 1 aromatic rings. The van der Waals surface area contributed by atoms with Crippen molar-refractivity contribution >= 4 is 17.5 Å². The highest BCUT2D eigenvalue weighted by molar-refractivity contribution is 6.01. The topological polar surface area (TPSA) is 76.0 Å². The van der Waals surface area contributed by atoms with Gasteiger partial charge in [-0.25, -0.2) is 8.78 Å². The minimum Gasteiger partial charge on any atom is -0.481 e. The van der Waals surface area contributed by atoms with E-state index < -0.39 is 23.7 Å². The fourth-order valence-electron chi connectivity index (χ4n) is 2.37. The van der Waals surface area contributed by atoms with Crippen LogP contribution in [0.15, 0.2) is 23.4 Å². The lowest BCUT2D eigenvalue weighted by atomic mass is 10.00. The lowest BCUT2D eigenvalue weighted by molar-refractivity contribution is -0.137. The van der Waals surface area contributed by atoms with Gasteiger partial charge in [0, 0.05) is 37.3 Å². The van der Waals surface area contributed by atoms with Crippen molar-refractivity contribution in [1.29, 1.82) is 0 Å². The molecule has 0 bridgehead atoms. The summed E-state index contributed by atoms with van der Waals surface area (Å²) in [5.74, 6) is -2.31. The molecular weight excluding hydrogens is 308 g/mol. The minimum absolute atomic E-state index is 0.0450. The SMILES string of the molecule is O=C(O)CCCCC(=O)CC1CC(c2ccc(F)cc2F)=NO1. The van der Waals surface area contributed by atoms with Gasteiger partial charge in [-0.3, -0.25) is 9.59 Å². The van der Waals surface area contributed by atoms with E-state index >= 15 is 0 Å². The molecule has 1 aliphatic rings. The fourth-order valence-corrected chi connectivity index (χ4v) is 2.37. The fraction of sp³-hybridized carbons (Fsp3) is 0.438. The van der Waals surface area contributed by atoms with Crippen LogP contribution in [-0.4, -0.2) is 28.7 Å². The number of unbranched alkanes of at least 4 members (excludes halogenated alkanes) is 1. The molecule has 0 spiro atoms. The number of oxime groups is 1. The van der Waals surface area contributed by atoms with E-state index in [-0.39, 0.29) is 37.0 Å². The van der Waals surface area contributed by atoms with Crippen LogP contribution >= 0.6 is 0 Å². The molecule has 0 amide bonds. The molecule has 1 aliphatic heterocycles. The normalized spacial score (nSPS) is 16.8. The Kier molecular flexibility index (Phi) is 5.78. The predicted molar refractivity (Wildman–Crippen MR) is 78.1 cm³/mol. The van der Waals surface area contributed by atoms with Crippen molar-refractivity contribution < 1.29 is 28.3 Å². The number of benzene rings is 1. The van der Waals surface area contributed by atoms with Gasteiger partial charge >= 0.3 is 5.97 Å². The zero-order valence-corrected chi connectivity index (χ0v) is 12.4. The van der Waals surface area contributed by atoms with E-state index in [1.165, 1.54) is 6.07 Å². The highest BCUT2D eigenvalue weighted by atomic mass is 19.1. The van der Waals surface area contributed by atoms with Gasteiger partial charge < -0.3 is 9.94 Å². The second kappa shape index (κ2) is 7.80. The Morgan fingerprint density at radius 2 is 2.00 bits per heavy atom. The summed E-state index contributed by atoms with van der Waals surface area (Å²) < 4.78 is 26.6. The quantitative estimate of drug-likeness (QED) is 0.745. The number of carbonyl (C=O) groups is 2. The van der Waals surface area contributed by atoms with E-state index in [1.54, 1.807) is 0 Å². The summed E-state index contributed by atoms with van der Waals surface area (Å²) in [5.41, 5.74) is 0.522. The van der Waals surface area contributed by atoms with Gasteiger partial charge in [0.2, 0.25) is 0 Å². The molecular formula is C16H17F2NO4. The maximum Gasteiger partial charge on any atom is 0.303 e. The second-order valence-corrected chi connectivity index (χ2v) is 5.44. The van der Waals surface area contributed by atoms with Crippen molar-refractivity contribution in [1.82, 2.24) is 0 Å². The molecule has 23 heavy (non-hydrogen) atoms. The Balaban J connectivity index is 1.78. The number of hydrogen-bond acceptors (Lipinski definition) is 4. The van der Waals surface area contributed by atoms with Crippen LogP contribution in [0.1, 0.15) is 44.1 Å². The lowest BCUT2D eigenvalue weighted by Gasteiger charge is -2.07.